The van der Waals surface area contributed by atoms with E-state index >= 15 is 0 Å². The number of rotatable bonds is 5. The zero-order valence-electron chi connectivity index (χ0n) is 18.4. The summed E-state index contributed by atoms with van der Waals surface area (Å²) in [4.78, 5) is 38.9. The molecule has 2 aromatic rings. The van der Waals surface area contributed by atoms with Crippen LogP contribution < -0.4 is 5.32 Å². The summed E-state index contributed by atoms with van der Waals surface area (Å²) in [6.07, 6.45) is -0.361. The second-order valence-corrected chi connectivity index (χ2v) is 7.93. The van der Waals surface area contributed by atoms with E-state index in [-0.39, 0.29) is 18.7 Å². The molecular weight excluding hydrogens is 422 g/mol. The Balaban J connectivity index is 1.52. The number of nitrogens with one attached hydrogen (secondary N) is 1. The third kappa shape index (κ3) is 4.95. The fraction of sp³-hybridized carbons (Fsp3) is 0.455. The lowest BCUT2D eigenvalue weighted by Gasteiger charge is -2.31. The number of carbonyl (C=O) groups is 3. The van der Waals surface area contributed by atoms with Crippen LogP contribution in [0.3, 0.4) is 0 Å². The summed E-state index contributed by atoms with van der Waals surface area (Å²) in [5, 5.41) is 6.97. The van der Waals surface area contributed by atoms with Gasteiger partial charge in [-0.1, -0.05) is 0 Å². The van der Waals surface area contributed by atoms with E-state index in [2.05, 4.69) is 10.4 Å². The van der Waals surface area contributed by atoms with Gasteiger partial charge in [0, 0.05) is 26.2 Å². The van der Waals surface area contributed by atoms with Gasteiger partial charge in [-0.25, -0.2) is 8.78 Å². The Morgan fingerprint density at radius 3 is 2.41 bits per heavy atom. The fourth-order valence-corrected chi connectivity index (χ4v) is 3.65. The molecule has 32 heavy (non-hydrogen) atoms. The van der Waals surface area contributed by atoms with Crippen molar-refractivity contribution in [2.24, 2.45) is 13.0 Å². The second-order valence-electron chi connectivity index (χ2n) is 7.93. The summed E-state index contributed by atoms with van der Waals surface area (Å²) in [5.41, 5.74) is 1.81. The molecule has 2 heterocycles. The lowest BCUT2D eigenvalue weighted by Crippen LogP contribution is -2.42. The Morgan fingerprint density at radius 2 is 1.84 bits per heavy atom. The smallest absolute Gasteiger partial charge is 0.309 e. The predicted octanol–water partition coefficient (Wildman–Crippen LogP) is 2.74. The SMILES string of the molecule is Cc1nn(C)c(C)c1NC(=O)C(C)OC(=O)C1CCN(C(=O)c2ccc(F)cc2F)CC1. The van der Waals surface area contributed by atoms with Crippen LogP contribution in [0, 0.1) is 31.4 Å². The first-order valence-corrected chi connectivity index (χ1v) is 10.3. The van der Waals surface area contributed by atoms with Crippen LogP contribution in [0.15, 0.2) is 18.2 Å². The van der Waals surface area contributed by atoms with Crippen LogP contribution in [0.1, 0.15) is 41.5 Å². The van der Waals surface area contributed by atoms with E-state index in [1.165, 1.54) is 11.8 Å². The maximum absolute atomic E-state index is 13.9. The van der Waals surface area contributed by atoms with Gasteiger partial charge in [0.1, 0.15) is 11.6 Å². The van der Waals surface area contributed by atoms with E-state index in [1.54, 1.807) is 18.7 Å². The molecular formula is C22H26F2N4O4. The van der Waals surface area contributed by atoms with E-state index in [9.17, 15) is 23.2 Å². The number of ether oxygens (including phenoxy) is 1. The Morgan fingerprint density at radius 1 is 1.19 bits per heavy atom. The van der Waals surface area contributed by atoms with Crippen molar-refractivity contribution in [3.05, 3.63) is 46.8 Å². The van der Waals surface area contributed by atoms with E-state index in [1.807, 2.05) is 6.92 Å². The predicted molar refractivity (Wildman–Crippen MR) is 112 cm³/mol. The van der Waals surface area contributed by atoms with Crippen LogP contribution in [0.2, 0.25) is 0 Å². The van der Waals surface area contributed by atoms with Crippen molar-refractivity contribution in [1.82, 2.24) is 14.7 Å². The Bertz CT molecular complexity index is 1040. The number of esters is 1. The number of amides is 2. The number of halogens is 2. The molecule has 1 unspecified atom stereocenters. The highest BCUT2D eigenvalue weighted by molar-refractivity contribution is 5.96. The molecule has 10 heteroatoms. The van der Waals surface area contributed by atoms with Gasteiger partial charge in [-0.05, 0) is 45.7 Å². The number of anilines is 1. The Kier molecular flexibility index (Phi) is 6.90. The minimum atomic E-state index is -1.01. The van der Waals surface area contributed by atoms with Crippen LogP contribution in [0.4, 0.5) is 14.5 Å². The number of hydrogen-bond donors (Lipinski definition) is 1. The van der Waals surface area contributed by atoms with Gasteiger partial charge in [-0.2, -0.15) is 5.10 Å². The van der Waals surface area contributed by atoms with E-state index in [0.717, 1.165) is 17.8 Å². The van der Waals surface area contributed by atoms with Gasteiger partial charge < -0.3 is 15.0 Å². The topological polar surface area (TPSA) is 93.5 Å². The molecule has 0 bridgehead atoms. The molecule has 8 nitrogen and oxygen atoms in total. The third-order valence-corrected chi connectivity index (χ3v) is 5.70. The average molecular weight is 448 g/mol. The summed E-state index contributed by atoms with van der Waals surface area (Å²) in [6.45, 7) is 5.53. The molecule has 0 aliphatic carbocycles. The van der Waals surface area contributed by atoms with Gasteiger partial charge in [0.05, 0.1) is 28.6 Å². The average Bonchev–Trinajstić information content (AvgIpc) is 2.99. The molecule has 1 saturated heterocycles. The maximum Gasteiger partial charge on any atom is 0.309 e. The van der Waals surface area contributed by atoms with Gasteiger partial charge in [0.25, 0.3) is 11.8 Å². The molecule has 0 radical (unpaired) electrons. The lowest BCUT2D eigenvalue weighted by atomic mass is 9.96. The number of carbonyl (C=O) groups excluding carboxylic acids is 3. The molecule has 2 amide bonds. The molecule has 1 fully saturated rings. The zero-order valence-corrected chi connectivity index (χ0v) is 18.4. The molecule has 1 aromatic heterocycles. The highest BCUT2D eigenvalue weighted by Crippen LogP contribution is 2.23. The largest absolute Gasteiger partial charge is 0.452 e. The summed E-state index contributed by atoms with van der Waals surface area (Å²) in [7, 11) is 1.77. The quantitative estimate of drug-likeness (QED) is 0.710. The van der Waals surface area contributed by atoms with Gasteiger partial charge in [0.15, 0.2) is 6.10 Å². The van der Waals surface area contributed by atoms with Crippen molar-refractivity contribution in [3.8, 4) is 0 Å². The number of aryl methyl sites for hydroxylation is 2. The molecule has 3 rings (SSSR count). The molecule has 1 aliphatic rings. The Hall–Kier alpha value is -3.30. The highest BCUT2D eigenvalue weighted by Gasteiger charge is 2.31. The van der Waals surface area contributed by atoms with Crippen LogP contribution in [0.25, 0.3) is 0 Å². The number of likely N-dealkylation sites (tertiary alicyclic amines) is 1. The van der Waals surface area contributed by atoms with Crippen LogP contribution >= 0.6 is 0 Å². The lowest BCUT2D eigenvalue weighted by molar-refractivity contribution is -0.158. The first kappa shape index (κ1) is 23.4. The van der Waals surface area contributed by atoms with Crippen molar-refractivity contribution in [1.29, 1.82) is 0 Å². The fourth-order valence-electron chi connectivity index (χ4n) is 3.65. The van der Waals surface area contributed by atoms with E-state index < -0.39 is 41.4 Å². The van der Waals surface area contributed by atoms with E-state index in [4.69, 9.17) is 4.74 Å². The molecule has 0 spiro atoms. The third-order valence-electron chi connectivity index (χ3n) is 5.70. The number of hydrogen-bond acceptors (Lipinski definition) is 5. The highest BCUT2D eigenvalue weighted by atomic mass is 19.1. The molecule has 1 N–H and O–H groups in total. The normalized spacial score (nSPS) is 15.4. The molecule has 172 valence electrons. The first-order chi connectivity index (χ1) is 15.1. The van der Waals surface area contributed by atoms with Crippen LogP contribution in [-0.4, -0.2) is 51.7 Å². The molecule has 1 aromatic carbocycles. The van der Waals surface area contributed by atoms with Crippen molar-refractivity contribution in [3.63, 3.8) is 0 Å². The minimum Gasteiger partial charge on any atom is -0.452 e. The van der Waals surface area contributed by atoms with Gasteiger partial charge in [0.2, 0.25) is 0 Å². The van der Waals surface area contributed by atoms with Crippen molar-refractivity contribution >= 4 is 23.5 Å². The summed E-state index contributed by atoms with van der Waals surface area (Å²) < 4.78 is 33.9. The number of benzene rings is 1. The summed E-state index contributed by atoms with van der Waals surface area (Å²) in [6, 6.07) is 2.80. The molecule has 0 saturated carbocycles. The molecule has 1 atom stereocenters. The van der Waals surface area contributed by atoms with Gasteiger partial charge >= 0.3 is 5.97 Å². The minimum absolute atomic E-state index is 0.210. The van der Waals surface area contributed by atoms with Crippen LogP contribution in [0.5, 0.6) is 0 Å². The van der Waals surface area contributed by atoms with Crippen molar-refractivity contribution in [2.45, 2.75) is 39.7 Å². The first-order valence-electron chi connectivity index (χ1n) is 10.3. The van der Waals surface area contributed by atoms with Crippen molar-refractivity contribution < 1.29 is 27.9 Å². The van der Waals surface area contributed by atoms with Gasteiger partial charge in [-0.3, -0.25) is 19.1 Å². The van der Waals surface area contributed by atoms with Gasteiger partial charge in [-0.15, -0.1) is 0 Å². The Labute approximate surface area is 184 Å². The summed E-state index contributed by atoms with van der Waals surface area (Å²) in [5.74, 6) is -3.69. The number of nitrogens with zero attached hydrogens (tertiary/aromatic N) is 3. The summed E-state index contributed by atoms with van der Waals surface area (Å²) >= 11 is 0. The second kappa shape index (κ2) is 9.46. The van der Waals surface area contributed by atoms with Crippen molar-refractivity contribution in [2.75, 3.05) is 18.4 Å². The number of piperidine rings is 1. The maximum atomic E-state index is 13.9. The zero-order chi connectivity index (χ0) is 23.6. The van der Waals surface area contributed by atoms with Crippen LogP contribution in [-0.2, 0) is 21.4 Å². The number of aromatic nitrogens is 2. The standard InChI is InChI=1S/C22H26F2N4O4/c1-12-19(13(2)27(4)26-12)25-20(29)14(3)32-22(31)15-7-9-28(10-8-15)21(30)17-6-5-16(23)11-18(17)24/h5-6,11,14-15H,7-10H2,1-4H3,(H,25,29). The monoisotopic (exact) mass is 448 g/mol. The van der Waals surface area contributed by atoms with E-state index in [0.29, 0.717) is 30.3 Å². The molecule has 1 aliphatic heterocycles.